The Labute approximate surface area is 156 Å². The molecule has 6 nitrogen and oxygen atoms in total. The monoisotopic (exact) mass is 377 g/mol. The van der Waals surface area contributed by atoms with E-state index < -0.39 is 6.04 Å². The standard InChI is InChI=1S/C18H24FN5OS/c1-26-10-8-15(20)18(25)21-12-6-7-14(19)13(11-12)17-23-22-16-5-3-2-4-9-24(16)17/h6-7,11,15H,2-5,8-10,20H2,1H3,(H,21,25)/t15-/m0/s1. The first-order chi connectivity index (χ1) is 12.6. The normalized spacial score (nSPS) is 15.2. The van der Waals surface area contributed by atoms with Crippen molar-refractivity contribution in [3.05, 3.63) is 29.8 Å². The summed E-state index contributed by atoms with van der Waals surface area (Å²) < 4.78 is 16.4. The molecule has 0 saturated carbocycles. The zero-order valence-corrected chi connectivity index (χ0v) is 15.7. The first-order valence-electron chi connectivity index (χ1n) is 8.87. The molecule has 1 aliphatic heterocycles. The molecule has 3 rings (SSSR count). The van der Waals surface area contributed by atoms with Crippen molar-refractivity contribution in [3.8, 4) is 11.4 Å². The Morgan fingerprint density at radius 3 is 3.04 bits per heavy atom. The van der Waals surface area contributed by atoms with E-state index in [9.17, 15) is 9.18 Å². The summed E-state index contributed by atoms with van der Waals surface area (Å²) in [6.07, 6.45) is 6.66. The van der Waals surface area contributed by atoms with E-state index in [1.807, 2.05) is 10.8 Å². The van der Waals surface area contributed by atoms with Gasteiger partial charge in [0, 0.05) is 18.7 Å². The molecule has 0 radical (unpaired) electrons. The van der Waals surface area contributed by atoms with Gasteiger partial charge < -0.3 is 15.6 Å². The molecule has 1 amide bonds. The predicted octanol–water partition coefficient (Wildman–Crippen LogP) is 2.83. The van der Waals surface area contributed by atoms with E-state index in [0.717, 1.165) is 43.8 Å². The summed E-state index contributed by atoms with van der Waals surface area (Å²) >= 11 is 1.64. The molecule has 0 fully saturated rings. The van der Waals surface area contributed by atoms with E-state index in [1.165, 1.54) is 12.1 Å². The van der Waals surface area contributed by atoms with E-state index in [2.05, 4.69) is 15.5 Å². The number of amides is 1. The van der Waals surface area contributed by atoms with Crippen LogP contribution in [-0.2, 0) is 17.8 Å². The van der Waals surface area contributed by atoms with Gasteiger partial charge in [-0.1, -0.05) is 6.42 Å². The molecule has 1 aromatic heterocycles. The number of hydrogen-bond donors (Lipinski definition) is 2. The molecular formula is C18H24FN5OS. The average molecular weight is 377 g/mol. The highest BCUT2D eigenvalue weighted by Crippen LogP contribution is 2.27. The molecule has 3 N–H and O–H groups in total. The number of thioether (sulfide) groups is 1. The number of carbonyl (C=O) groups excluding carboxylic acids is 1. The lowest BCUT2D eigenvalue weighted by Gasteiger charge is -2.13. The Balaban J connectivity index is 1.83. The van der Waals surface area contributed by atoms with Crippen LogP contribution in [0.2, 0.25) is 0 Å². The number of anilines is 1. The molecule has 1 aliphatic rings. The first kappa shape index (κ1) is 18.8. The summed E-state index contributed by atoms with van der Waals surface area (Å²) in [5.41, 5.74) is 6.76. The van der Waals surface area contributed by atoms with E-state index >= 15 is 0 Å². The molecule has 0 bridgehead atoms. The van der Waals surface area contributed by atoms with Gasteiger partial charge in [-0.15, -0.1) is 10.2 Å². The third-order valence-electron chi connectivity index (χ3n) is 4.55. The summed E-state index contributed by atoms with van der Waals surface area (Å²) in [5, 5.41) is 11.2. The number of nitrogens with two attached hydrogens (primary N) is 1. The molecule has 140 valence electrons. The third-order valence-corrected chi connectivity index (χ3v) is 5.20. The van der Waals surface area contributed by atoms with Gasteiger partial charge >= 0.3 is 0 Å². The zero-order valence-electron chi connectivity index (χ0n) is 14.9. The minimum Gasteiger partial charge on any atom is -0.325 e. The Morgan fingerprint density at radius 1 is 1.38 bits per heavy atom. The summed E-state index contributed by atoms with van der Waals surface area (Å²) in [6.45, 7) is 0.785. The van der Waals surface area contributed by atoms with Gasteiger partial charge in [-0.25, -0.2) is 4.39 Å². The van der Waals surface area contributed by atoms with Crippen LogP contribution in [0, 0.1) is 5.82 Å². The fourth-order valence-corrected chi connectivity index (χ4v) is 3.56. The second-order valence-electron chi connectivity index (χ2n) is 6.47. The summed E-state index contributed by atoms with van der Waals surface area (Å²) in [6, 6.07) is 3.91. The van der Waals surface area contributed by atoms with Crippen LogP contribution in [0.1, 0.15) is 31.5 Å². The van der Waals surface area contributed by atoms with Crippen molar-refractivity contribution >= 4 is 23.4 Å². The van der Waals surface area contributed by atoms with Crippen LogP contribution in [0.15, 0.2) is 18.2 Å². The predicted molar refractivity (Wildman–Crippen MR) is 103 cm³/mol. The maximum absolute atomic E-state index is 14.4. The van der Waals surface area contributed by atoms with Crippen LogP contribution in [-0.4, -0.2) is 38.7 Å². The SMILES string of the molecule is CSCC[C@H](N)C(=O)Nc1ccc(F)c(-c2nnc3n2CCCCC3)c1. The molecule has 1 atom stereocenters. The van der Waals surface area contributed by atoms with Crippen LogP contribution < -0.4 is 11.1 Å². The Bertz CT molecular complexity index is 779. The summed E-state index contributed by atoms with van der Waals surface area (Å²) in [5.74, 6) is 1.58. The zero-order chi connectivity index (χ0) is 18.5. The molecule has 8 heteroatoms. The van der Waals surface area contributed by atoms with Gasteiger partial charge in [-0.2, -0.15) is 11.8 Å². The van der Waals surface area contributed by atoms with Crippen LogP contribution in [0.25, 0.3) is 11.4 Å². The van der Waals surface area contributed by atoms with E-state index in [1.54, 1.807) is 17.8 Å². The highest BCUT2D eigenvalue weighted by molar-refractivity contribution is 7.98. The number of fused-ring (bicyclic) bond motifs is 1. The number of carbonyl (C=O) groups is 1. The van der Waals surface area contributed by atoms with Crippen molar-refractivity contribution < 1.29 is 9.18 Å². The quantitative estimate of drug-likeness (QED) is 0.808. The minimum atomic E-state index is -0.583. The molecule has 0 saturated heterocycles. The lowest BCUT2D eigenvalue weighted by atomic mass is 10.1. The molecule has 0 aliphatic carbocycles. The second-order valence-corrected chi connectivity index (χ2v) is 7.46. The van der Waals surface area contributed by atoms with Crippen molar-refractivity contribution in [2.24, 2.45) is 5.73 Å². The Hall–Kier alpha value is -1.93. The number of nitrogens with one attached hydrogen (secondary N) is 1. The smallest absolute Gasteiger partial charge is 0.241 e. The average Bonchev–Trinajstić information content (AvgIpc) is 2.89. The van der Waals surface area contributed by atoms with Crippen molar-refractivity contribution in [2.75, 3.05) is 17.3 Å². The van der Waals surface area contributed by atoms with Crippen LogP contribution in [0.4, 0.5) is 10.1 Å². The molecule has 0 unspecified atom stereocenters. The molecule has 2 heterocycles. The van der Waals surface area contributed by atoms with Crippen molar-refractivity contribution in [1.82, 2.24) is 14.8 Å². The van der Waals surface area contributed by atoms with E-state index in [4.69, 9.17) is 5.73 Å². The van der Waals surface area contributed by atoms with Gasteiger partial charge in [-0.3, -0.25) is 4.79 Å². The van der Waals surface area contributed by atoms with Gasteiger partial charge in [0.25, 0.3) is 0 Å². The Kier molecular flexibility index (Phi) is 6.26. The van der Waals surface area contributed by atoms with Crippen molar-refractivity contribution in [3.63, 3.8) is 0 Å². The first-order valence-corrected chi connectivity index (χ1v) is 10.3. The second kappa shape index (κ2) is 8.64. The van der Waals surface area contributed by atoms with Crippen LogP contribution in [0.3, 0.4) is 0 Å². The lowest BCUT2D eigenvalue weighted by Crippen LogP contribution is -2.36. The van der Waals surface area contributed by atoms with Gasteiger partial charge in [0.2, 0.25) is 5.91 Å². The molecule has 1 aromatic carbocycles. The van der Waals surface area contributed by atoms with Crippen molar-refractivity contribution in [1.29, 1.82) is 0 Å². The fourth-order valence-electron chi connectivity index (χ4n) is 3.07. The number of nitrogens with zero attached hydrogens (tertiary/aromatic N) is 3. The number of hydrogen-bond acceptors (Lipinski definition) is 5. The van der Waals surface area contributed by atoms with Crippen molar-refractivity contribution in [2.45, 2.75) is 44.7 Å². The number of aromatic nitrogens is 3. The topological polar surface area (TPSA) is 85.8 Å². The maximum Gasteiger partial charge on any atom is 0.241 e. The molecule has 0 spiro atoms. The van der Waals surface area contributed by atoms with E-state index in [-0.39, 0.29) is 11.7 Å². The molecule has 26 heavy (non-hydrogen) atoms. The van der Waals surface area contributed by atoms with Gasteiger partial charge in [0.1, 0.15) is 11.6 Å². The number of rotatable bonds is 6. The highest BCUT2D eigenvalue weighted by Gasteiger charge is 2.20. The number of halogens is 1. The van der Waals surface area contributed by atoms with Gasteiger partial charge in [0.05, 0.1) is 11.6 Å². The summed E-state index contributed by atoms with van der Waals surface area (Å²) in [4.78, 5) is 12.2. The molecule has 2 aromatic rings. The Morgan fingerprint density at radius 2 is 2.23 bits per heavy atom. The molecular weight excluding hydrogens is 353 g/mol. The lowest BCUT2D eigenvalue weighted by molar-refractivity contribution is -0.117. The van der Waals surface area contributed by atoms with Crippen LogP contribution in [0.5, 0.6) is 0 Å². The number of aryl methyl sites for hydroxylation is 1. The van der Waals surface area contributed by atoms with Gasteiger partial charge in [0.15, 0.2) is 5.82 Å². The summed E-state index contributed by atoms with van der Waals surface area (Å²) in [7, 11) is 0. The number of benzene rings is 1. The highest BCUT2D eigenvalue weighted by atomic mass is 32.2. The minimum absolute atomic E-state index is 0.267. The van der Waals surface area contributed by atoms with E-state index in [0.29, 0.717) is 23.5 Å². The maximum atomic E-state index is 14.4. The van der Waals surface area contributed by atoms with Gasteiger partial charge in [-0.05, 0) is 49.5 Å². The largest absolute Gasteiger partial charge is 0.325 e. The third kappa shape index (κ3) is 4.24. The van der Waals surface area contributed by atoms with Crippen LogP contribution >= 0.6 is 11.8 Å². The fraction of sp³-hybridized carbons (Fsp3) is 0.500.